The van der Waals surface area contributed by atoms with Gasteiger partial charge in [0.1, 0.15) is 5.76 Å². The van der Waals surface area contributed by atoms with E-state index in [1.807, 2.05) is 18.2 Å². The maximum atomic E-state index is 10.7. The highest BCUT2D eigenvalue weighted by molar-refractivity contribution is 5.82. The average molecular weight is 181 g/mol. The highest BCUT2D eigenvalue weighted by Crippen LogP contribution is 2.28. The van der Waals surface area contributed by atoms with E-state index in [1.54, 1.807) is 6.08 Å². The van der Waals surface area contributed by atoms with Crippen LogP contribution < -0.4 is 5.73 Å². The minimum Gasteiger partial charge on any atom is -0.476 e. The lowest BCUT2D eigenvalue weighted by Crippen LogP contribution is -2.26. The van der Waals surface area contributed by atoms with Gasteiger partial charge in [0, 0.05) is 0 Å². The van der Waals surface area contributed by atoms with Crippen LogP contribution in [0.1, 0.15) is 6.42 Å². The maximum absolute atomic E-state index is 10.7. The lowest BCUT2D eigenvalue weighted by atomic mass is 10.1. The van der Waals surface area contributed by atoms with E-state index in [0.717, 1.165) is 17.8 Å². The van der Waals surface area contributed by atoms with Crippen LogP contribution >= 0.6 is 0 Å². The number of carbonyl (C=O) groups excluding carboxylic acids is 1. The number of allylic oxidation sites excluding steroid dienone is 4. The third-order valence-electron chi connectivity index (χ3n) is 1.92. The van der Waals surface area contributed by atoms with E-state index >= 15 is 0 Å². The standard InChI is InChI=1S/C9H9NO2.H2O/c10-9(11)8-5-6-3-1-2-4-7(6)12-8;/h1-2,4-5,8H,3H2,(H2,10,11);1H2. The number of hydrogen-bond acceptors (Lipinski definition) is 2. The molecule has 4 nitrogen and oxygen atoms in total. The molecule has 4 heteroatoms. The molecule has 0 fully saturated rings. The van der Waals surface area contributed by atoms with Crippen LogP contribution in [0.5, 0.6) is 0 Å². The summed E-state index contributed by atoms with van der Waals surface area (Å²) in [4.78, 5) is 10.7. The van der Waals surface area contributed by atoms with Crippen molar-refractivity contribution in [3.63, 3.8) is 0 Å². The maximum Gasteiger partial charge on any atom is 0.262 e. The monoisotopic (exact) mass is 181 g/mol. The fourth-order valence-corrected chi connectivity index (χ4v) is 1.32. The van der Waals surface area contributed by atoms with E-state index in [1.165, 1.54) is 0 Å². The molecule has 70 valence electrons. The van der Waals surface area contributed by atoms with Gasteiger partial charge in [-0.3, -0.25) is 4.79 Å². The number of primary amides is 1. The summed E-state index contributed by atoms with van der Waals surface area (Å²) in [7, 11) is 0. The minimum absolute atomic E-state index is 0. The molecule has 1 aliphatic carbocycles. The summed E-state index contributed by atoms with van der Waals surface area (Å²) in [5.41, 5.74) is 6.15. The van der Waals surface area contributed by atoms with E-state index in [0.29, 0.717) is 0 Å². The second kappa shape index (κ2) is 3.45. The van der Waals surface area contributed by atoms with E-state index in [9.17, 15) is 4.79 Å². The van der Waals surface area contributed by atoms with Crippen LogP contribution in [0.15, 0.2) is 35.6 Å². The van der Waals surface area contributed by atoms with Crippen LogP contribution in [0, 0.1) is 0 Å². The summed E-state index contributed by atoms with van der Waals surface area (Å²) >= 11 is 0. The van der Waals surface area contributed by atoms with Crippen LogP contribution in [0.2, 0.25) is 0 Å². The van der Waals surface area contributed by atoms with Crippen molar-refractivity contribution in [2.75, 3.05) is 0 Å². The van der Waals surface area contributed by atoms with Crippen LogP contribution in [0.25, 0.3) is 0 Å². The molecule has 1 heterocycles. The fourth-order valence-electron chi connectivity index (χ4n) is 1.32. The molecule has 2 aliphatic rings. The summed E-state index contributed by atoms with van der Waals surface area (Å²) in [5, 5.41) is 0. The van der Waals surface area contributed by atoms with Crippen molar-refractivity contribution >= 4 is 5.91 Å². The molecule has 0 bridgehead atoms. The number of carbonyl (C=O) groups is 1. The zero-order valence-corrected chi connectivity index (χ0v) is 6.99. The molecule has 13 heavy (non-hydrogen) atoms. The largest absolute Gasteiger partial charge is 0.476 e. The molecule has 1 amide bonds. The van der Waals surface area contributed by atoms with Crippen molar-refractivity contribution in [1.82, 2.24) is 0 Å². The Labute approximate surface area is 75.7 Å². The molecular formula is C9H11NO3. The van der Waals surface area contributed by atoms with Gasteiger partial charge in [-0.1, -0.05) is 12.2 Å². The van der Waals surface area contributed by atoms with E-state index in [4.69, 9.17) is 10.5 Å². The van der Waals surface area contributed by atoms with E-state index in [-0.39, 0.29) is 5.48 Å². The highest BCUT2D eigenvalue weighted by atomic mass is 16.5. The van der Waals surface area contributed by atoms with Gasteiger partial charge in [0.25, 0.3) is 5.91 Å². The Hall–Kier alpha value is -1.55. The third-order valence-corrected chi connectivity index (χ3v) is 1.92. The fraction of sp³-hybridized carbons (Fsp3) is 0.222. The van der Waals surface area contributed by atoms with Crippen molar-refractivity contribution in [1.29, 1.82) is 0 Å². The van der Waals surface area contributed by atoms with Gasteiger partial charge in [-0.2, -0.15) is 0 Å². The molecule has 1 aliphatic heterocycles. The number of fused-ring (bicyclic) bond motifs is 1. The van der Waals surface area contributed by atoms with Crippen molar-refractivity contribution in [3.05, 3.63) is 35.6 Å². The summed E-state index contributed by atoms with van der Waals surface area (Å²) in [6.07, 6.45) is 7.81. The molecular weight excluding hydrogens is 170 g/mol. The van der Waals surface area contributed by atoms with Gasteiger partial charge in [0.05, 0.1) is 0 Å². The van der Waals surface area contributed by atoms with Crippen LogP contribution in [-0.2, 0) is 9.53 Å². The van der Waals surface area contributed by atoms with Gasteiger partial charge in [-0.15, -0.1) is 0 Å². The third kappa shape index (κ3) is 1.62. The van der Waals surface area contributed by atoms with Crippen LogP contribution in [0.3, 0.4) is 0 Å². The Balaban J connectivity index is 0.000000845. The molecule has 0 saturated heterocycles. The predicted octanol–water partition coefficient (Wildman–Crippen LogP) is -0.184. The summed E-state index contributed by atoms with van der Waals surface area (Å²) in [6, 6.07) is 0. The number of nitrogens with two attached hydrogens (primary N) is 1. The molecule has 0 spiro atoms. The van der Waals surface area contributed by atoms with Crippen LogP contribution in [0.4, 0.5) is 0 Å². The first-order chi connectivity index (χ1) is 5.77. The van der Waals surface area contributed by atoms with Crippen molar-refractivity contribution in [3.8, 4) is 0 Å². The highest BCUT2D eigenvalue weighted by Gasteiger charge is 2.25. The lowest BCUT2D eigenvalue weighted by Gasteiger charge is -2.08. The molecule has 0 saturated carbocycles. The Morgan fingerprint density at radius 1 is 1.62 bits per heavy atom. The minimum atomic E-state index is -0.564. The average Bonchev–Trinajstić information content (AvgIpc) is 2.46. The number of rotatable bonds is 1. The molecule has 2 rings (SSSR count). The lowest BCUT2D eigenvalue weighted by molar-refractivity contribution is -0.124. The summed E-state index contributed by atoms with van der Waals surface area (Å²) in [6.45, 7) is 0. The second-order valence-corrected chi connectivity index (χ2v) is 2.80. The first-order valence-electron chi connectivity index (χ1n) is 3.81. The predicted molar refractivity (Wildman–Crippen MR) is 47.6 cm³/mol. The summed E-state index contributed by atoms with van der Waals surface area (Å²) < 4.78 is 5.27. The molecule has 0 aromatic carbocycles. The quantitative estimate of drug-likeness (QED) is 0.608. The van der Waals surface area contributed by atoms with Crippen molar-refractivity contribution < 1.29 is 15.0 Å². The molecule has 0 radical (unpaired) electrons. The summed E-state index contributed by atoms with van der Waals surface area (Å²) in [5.74, 6) is 0.346. The van der Waals surface area contributed by atoms with Gasteiger partial charge in [-0.05, 0) is 24.1 Å². The number of amides is 1. The SMILES string of the molecule is NC(=O)C1C=C2CC=CC=C2O1.O. The molecule has 1 unspecified atom stereocenters. The number of hydrogen-bond donors (Lipinski definition) is 1. The first kappa shape index (κ1) is 9.54. The Kier molecular flexibility index (Phi) is 2.53. The van der Waals surface area contributed by atoms with Crippen molar-refractivity contribution in [2.24, 2.45) is 5.73 Å². The molecule has 4 N–H and O–H groups in total. The van der Waals surface area contributed by atoms with E-state index in [2.05, 4.69) is 0 Å². The first-order valence-corrected chi connectivity index (χ1v) is 3.81. The van der Waals surface area contributed by atoms with E-state index < -0.39 is 12.0 Å². The Morgan fingerprint density at radius 2 is 2.38 bits per heavy atom. The van der Waals surface area contributed by atoms with Gasteiger partial charge in [0.2, 0.25) is 0 Å². The Morgan fingerprint density at radius 3 is 3.00 bits per heavy atom. The van der Waals surface area contributed by atoms with Gasteiger partial charge in [-0.25, -0.2) is 0 Å². The normalized spacial score (nSPS) is 23.5. The zero-order valence-electron chi connectivity index (χ0n) is 6.99. The van der Waals surface area contributed by atoms with Crippen LogP contribution in [-0.4, -0.2) is 17.5 Å². The van der Waals surface area contributed by atoms with Gasteiger partial charge in [0.15, 0.2) is 6.10 Å². The zero-order chi connectivity index (χ0) is 8.55. The van der Waals surface area contributed by atoms with Crippen molar-refractivity contribution in [2.45, 2.75) is 12.5 Å². The topological polar surface area (TPSA) is 83.8 Å². The number of ether oxygens (including phenoxy) is 1. The van der Waals surface area contributed by atoms with Gasteiger partial charge < -0.3 is 15.9 Å². The Bertz CT molecular complexity index is 315. The molecule has 0 aromatic rings. The molecule has 0 aromatic heterocycles. The second-order valence-electron chi connectivity index (χ2n) is 2.80. The molecule has 1 atom stereocenters. The smallest absolute Gasteiger partial charge is 0.262 e. The van der Waals surface area contributed by atoms with Gasteiger partial charge >= 0.3 is 0 Å².